The Balaban J connectivity index is 2.29. The summed E-state index contributed by atoms with van der Waals surface area (Å²) in [4.78, 5) is 0. The zero-order valence-electron chi connectivity index (χ0n) is 13.9. The highest BCUT2D eigenvalue weighted by Gasteiger charge is 2.09. The van der Waals surface area contributed by atoms with Crippen molar-refractivity contribution < 1.29 is 9.47 Å². The number of aromatic nitrogens is 3. The predicted octanol–water partition coefficient (Wildman–Crippen LogP) is 3.24. The van der Waals surface area contributed by atoms with Crippen LogP contribution in [0.3, 0.4) is 0 Å². The van der Waals surface area contributed by atoms with Crippen LogP contribution in [0.1, 0.15) is 32.2 Å². The van der Waals surface area contributed by atoms with E-state index in [1.54, 1.807) is 10.9 Å². The lowest BCUT2D eigenvalue weighted by atomic mass is 10.2. The number of nitrogens with zero attached hydrogens (tertiary/aromatic N) is 4. The van der Waals surface area contributed by atoms with Gasteiger partial charge in [-0.25, -0.2) is 0 Å². The Morgan fingerprint density at radius 3 is 2.52 bits per heavy atom. The molecule has 0 amide bonds. The minimum Gasteiger partial charge on any atom is -0.490 e. The summed E-state index contributed by atoms with van der Waals surface area (Å²) < 4.78 is 13.0. The fourth-order valence-corrected chi connectivity index (χ4v) is 2.48. The molecule has 0 aliphatic rings. The maximum atomic E-state index is 5.63. The SMILES string of the molecule is CCOc1ccc(/C=N\n2c(CC)nnc2SC)cc1OCC. The van der Waals surface area contributed by atoms with Crippen LogP contribution in [0.25, 0.3) is 0 Å². The van der Waals surface area contributed by atoms with E-state index in [0.29, 0.717) is 13.2 Å². The van der Waals surface area contributed by atoms with Gasteiger partial charge in [-0.1, -0.05) is 18.7 Å². The highest BCUT2D eigenvalue weighted by atomic mass is 32.2. The second kappa shape index (κ2) is 8.57. The maximum Gasteiger partial charge on any atom is 0.211 e. The van der Waals surface area contributed by atoms with E-state index in [2.05, 4.69) is 15.3 Å². The molecule has 0 N–H and O–H groups in total. The average Bonchev–Trinajstić information content (AvgIpc) is 2.97. The van der Waals surface area contributed by atoms with Crippen molar-refractivity contribution >= 4 is 18.0 Å². The van der Waals surface area contributed by atoms with Gasteiger partial charge in [-0.05, 0) is 43.9 Å². The molecule has 1 aromatic heterocycles. The Hall–Kier alpha value is -2.02. The molecule has 0 atom stereocenters. The van der Waals surface area contributed by atoms with Crippen molar-refractivity contribution in [3.63, 3.8) is 0 Å². The quantitative estimate of drug-likeness (QED) is 0.548. The first-order valence-corrected chi connectivity index (χ1v) is 8.88. The largest absolute Gasteiger partial charge is 0.490 e. The van der Waals surface area contributed by atoms with E-state index in [9.17, 15) is 0 Å². The minimum atomic E-state index is 0.586. The van der Waals surface area contributed by atoms with E-state index in [-0.39, 0.29) is 0 Å². The molecule has 0 saturated heterocycles. The number of hydrogen-bond donors (Lipinski definition) is 0. The van der Waals surface area contributed by atoms with Gasteiger partial charge >= 0.3 is 0 Å². The van der Waals surface area contributed by atoms with Crippen LogP contribution in [0.5, 0.6) is 11.5 Å². The predicted molar refractivity (Wildman–Crippen MR) is 93.0 cm³/mol. The summed E-state index contributed by atoms with van der Waals surface area (Å²) in [5.74, 6) is 2.30. The molecule has 1 aromatic carbocycles. The standard InChI is InChI=1S/C16H22N4O2S/c1-5-15-18-19-16(23-4)20(15)17-11-12-8-9-13(21-6-2)14(10-12)22-7-3/h8-11H,5-7H2,1-4H3/b17-11-. The lowest BCUT2D eigenvalue weighted by Gasteiger charge is -2.11. The van der Waals surface area contributed by atoms with Crippen molar-refractivity contribution in [3.8, 4) is 11.5 Å². The molecule has 0 aliphatic carbocycles. The van der Waals surface area contributed by atoms with E-state index < -0.39 is 0 Å². The number of rotatable bonds is 8. The van der Waals surface area contributed by atoms with E-state index in [0.717, 1.165) is 34.5 Å². The first kappa shape index (κ1) is 17.3. The molecule has 0 unspecified atom stereocenters. The van der Waals surface area contributed by atoms with Gasteiger partial charge in [-0.15, -0.1) is 10.2 Å². The monoisotopic (exact) mass is 334 g/mol. The van der Waals surface area contributed by atoms with Gasteiger partial charge in [0.1, 0.15) is 0 Å². The van der Waals surface area contributed by atoms with Crippen LogP contribution in [0.4, 0.5) is 0 Å². The summed E-state index contributed by atoms with van der Waals surface area (Å²) in [6.45, 7) is 7.12. The summed E-state index contributed by atoms with van der Waals surface area (Å²) >= 11 is 1.52. The molecule has 2 rings (SSSR count). The first-order valence-electron chi connectivity index (χ1n) is 7.65. The molecular weight excluding hydrogens is 312 g/mol. The summed E-state index contributed by atoms with van der Waals surface area (Å²) in [5, 5.41) is 13.5. The average molecular weight is 334 g/mol. The molecular formula is C16H22N4O2S. The van der Waals surface area contributed by atoms with Gasteiger partial charge in [0.2, 0.25) is 5.16 Å². The van der Waals surface area contributed by atoms with Gasteiger partial charge in [0, 0.05) is 6.42 Å². The van der Waals surface area contributed by atoms with Crippen LogP contribution in [0.2, 0.25) is 0 Å². The molecule has 0 saturated carbocycles. The normalized spacial score (nSPS) is 11.1. The first-order chi connectivity index (χ1) is 11.2. The van der Waals surface area contributed by atoms with Crippen LogP contribution in [-0.4, -0.2) is 40.6 Å². The fourth-order valence-electron chi connectivity index (χ4n) is 2.03. The molecule has 1 heterocycles. The Kier molecular flexibility index (Phi) is 6.46. The maximum absolute atomic E-state index is 5.63. The highest BCUT2D eigenvalue weighted by Crippen LogP contribution is 2.28. The Morgan fingerprint density at radius 2 is 1.87 bits per heavy atom. The molecule has 0 fully saturated rings. The smallest absolute Gasteiger partial charge is 0.211 e. The van der Waals surface area contributed by atoms with Gasteiger partial charge in [0.15, 0.2) is 17.3 Å². The summed E-state index contributed by atoms with van der Waals surface area (Å²) in [5.41, 5.74) is 0.930. The zero-order chi connectivity index (χ0) is 16.7. The number of benzene rings is 1. The molecule has 0 radical (unpaired) electrons. The van der Waals surface area contributed by atoms with Crippen LogP contribution in [-0.2, 0) is 6.42 Å². The summed E-state index contributed by atoms with van der Waals surface area (Å²) in [6.07, 6.45) is 4.51. The van der Waals surface area contributed by atoms with Gasteiger partial charge in [-0.3, -0.25) is 0 Å². The van der Waals surface area contributed by atoms with E-state index in [1.807, 2.05) is 45.2 Å². The number of thioether (sulfide) groups is 1. The van der Waals surface area contributed by atoms with Crippen molar-refractivity contribution in [2.45, 2.75) is 32.3 Å². The second-order valence-corrected chi connectivity index (χ2v) is 5.36. The number of aryl methyl sites for hydroxylation is 1. The molecule has 0 bridgehead atoms. The Morgan fingerprint density at radius 1 is 1.13 bits per heavy atom. The summed E-state index contributed by atoms with van der Waals surface area (Å²) in [6, 6.07) is 5.77. The lowest BCUT2D eigenvalue weighted by molar-refractivity contribution is 0.288. The Bertz CT molecular complexity index is 649. The third-order valence-corrected chi connectivity index (χ3v) is 3.68. The van der Waals surface area contributed by atoms with E-state index in [4.69, 9.17) is 9.47 Å². The third-order valence-electron chi connectivity index (χ3n) is 3.07. The van der Waals surface area contributed by atoms with Gasteiger partial charge in [-0.2, -0.15) is 9.78 Å². The minimum absolute atomic E-state index is 0.586. The Labute approximate surface area is 140 Å². The molecule has 23 heavy (non-hydrogen) atoms. The lowest BCUT2D eigenvalue weighted by Crippen LogP contribution is -2.01. The van der Waals surface area contributed by atoms with Crippen molar-refractivity contribution in [1.82, 2.24) is 14.9 Å². The van der Waals surface area contributed by atoms with Crippen molar-refractivity contribution in [2.75, 3.05) is 19.5 Å². The van der Waals surface area contributed by atoms with Gasteiger partial charge < -0.3 is 9.47 Å². The molecule has 2 aromatic rings. The van der Waals surface area contributed by atoms with E-state index >= 15 is 0 Å². The molecule has 0 aliphatic heterocycles. The van der Waals surface area contributed by atoms with E-state index in [1.165, 1.54) is 11.8 Å². The molecule has 124 valence electrons. The second-order valence-electron chi connectivity index (χ2n) is 4.59. The van der Waals surface area contributed by atoms with Crippen molar-refractivity contribution in [3.05, 3.63) is 29.6 Å². The van der Waals surface area contributed by atoms with Crippen molar-refractivity contribution in [1.29, 1.82) is 0 Å². The fraction of sp³-hybridized carbons (Fsp3) is 0.438. The highest BCUT2D eigenvalue weighted by molar-refractivity contribution is 7.98. The van der Waals surface area contributed by atoms with Crippen molar-refractivity contribution in [2.24, 2.45) is 5.10 Å². The van der Waals surface area contributed by atoms with Gasteiger partial charge in [0.05, 0.1) is 19.4 Å². The molecule has 7 heteroatoms. The van der Waals surface area contributed by atoms with Crippen LogP contribution in [0.15, 0.2) is 28.5 Å². The number of hydrogen-bond acceptors (Lipinski definition) is 6. The van der Waals surface area contributed by atoms with Crippen LogP contribution < -0.4 is 9.47 Å². The topological polar surface area (TPSA) is 61.5 Å². The summed E-state index contributed by atoms with van der Waals surface area (Å²) in [7, 11) is 0. The van der Waals surface area contributed by atoms with Gasteiger partial charge in [0.25, 0.3) is 0 Å². The third kappa shape index (κ3) is 4.25. The molecule has 6 nitrogen and oxygen atoms in total. The zero-order valence-corrected chi connectivity index (χ0v) is 14.8. The van der Waals surface area contributed by atoms with Crippen LogP contribution in [0, 0.1) is 0 Å². The van der Waals surface area contributed by atoms with Crippen LogP contribution >= 0.6 is 11.8 Å². The molecule has 0 spiro atoms. The number of ether oxygens (including phenoxy) is 2.